The molecule has 2 bridgehead atoms. The number of benzene rings is 2. The molecule has 2 aromatic rings. The predicted octanol–water partition coefficient (Wildman–Crippen LogP) is 3.05. The van der Waals surface area contributed by atoms with Crippen molar-refractivity contribution in [3.05, 3.63) is 71.8 Å². The fourth-order valence-corrected chi connectivity index (χ4v) is 4.46. The van der Waals surface area contributed by atoms with Gasteiger partial charge in [-0.15, -0.1) is 0 Å². The Labute approximate surface area is 162 Å². The molecule has 3 aliphatic rings. The highest BCUT2D eigenvalue weighted by molar-refractivity contribution is 5.97. The Balaban J connectivity index is 0.00000210. The van der Waals surface area contributed by atoms with Crippen LogP contribution in [0.3, 0.4) is 0 Å². The molecule has 0 aromatic heterocycles. The van der Waals surface area contributed by atoms with E-state index in [0.29, 0.717) is 13.1 Å². The SMILES string of the molecule is C.O=C(C[N+]12CC[N+](CC(=O)c3ccccc3)(CC1)CC2)c1ccccc1. The third-order valence-electron chi connectivity index (χ3n) is 6.30. The molecular weight excluding hydrogens is 336 g/mol. The first-order valence-electron chi connectivity index (χ1n) is 9.47. The maximum absolute atomic E-state index is 12.7. The van der Waals surface area contributed by atoms with Gasteiger partial charge in [-0.1, -0.05) is 68.1 Å². The molecule has 2 aromatic carbocycles. The summed E-state index contributed by atoms with van der Waals surface area (Å²) in [5.74, 6) is 0.487. The third kappa shape index (κ3) is 4.02. The minimum absolute atomic E-state index is 0. The van der Waals surface area contributed by atoms with Gasteiger partial charge in [0.1, 0.15) is 52.4 Å². The van der Waals surface area contributed by atoms with Gasteiger partial charge in [-0.3, -0.25) is 9.59 Å². The van der Waals surface area contributed by atoms with Crippen molar-refractivity contribution >= 4 is 11.6 Å². The zero-order chi connectivity index (χ0) is 18.0. The summed E-state index contributed by atoms with van der Waals surface area (Å²) in [6.45, 7) is 7.19. The second-order valence-corrected chi connectivity index (χ2v) is 7.92. The van der Waals surface area contributed by atoms with E-state index in [0.717, 1.165) is 59.4 Å². The third-order valence-corrected chi connectivity index (χ3v) is 6.30. The molecule has 0 unspecified atom stereocenters. The number of ketones is 2. The van der Waals surface area contributed by atoms with Crippen molar-refractivity contribution in [2.45, 2.75) is 7.43 Å². The monoisotopic (exact) mass is 366 g/mol. The van der Waals surface area contributed by atoms with Gasteiger partial charge in [-0.2, -0.15) is 0 Å². The van der Waals surface area contributed by atoms with Gasteiger partial charge in [0.25, 0.3) is 0 Å². The molecule has 3 saturated heterocycles. The van der Waals surface area contributed by atoms with Crippen LogP contribution in [0, 0.1) is 0 Å². The summed E-state index contributed by atoms with van der Waals surface area (Å²) in [6.07, 6.45) is 0. The lowest BCUT2D eigenvalue weighted by atomic mass is 10.0. The summed E-state index contributed by atoms with van der Waals surface area (Å²) in [6, 6.07) is 19.2. The zero-order valence-electron chi connectivity index (χ0n) is 15.1. The van der Waals surface area contributed by atoms with Crippen molar-refractivity contribution in [3.8, 4) is 0 Å². The number of carbonyl (C=O) groups is 2. The molecule has 142 valence electrons. The summed E-state index contributed by atoms with van der Waals surface area (Å²) >= 11 is 0. The summed E-state index contributed by atoms with van der Waals surface area (Å²) in [5, 5.41) is 0. The van der Waals surface area contributed by atoms with Crippen molar-refractivity contribution in [2.75, 3.05) is 52.4 Å². The normalized spacial score (nSPS) is 26.2. The van der Waals surface area contributed by atoms with E-state index in [4.69, 9.17) is 0 Å². The number of hydrogen-bond acceptors (Lipinski definition) is 2. The fourth-order valence-electron chi connectivity index (χ4n) is 4.46. The highest BCUT2D eigenvalue weighted by atomic mass is 16.1. The lowest BCUT2D eigenvalue weighted by molar-refractivity contribution is -1.07. The van der Waals surface area contributed by atoms with Gasteiger partial charge in [-0.05, 0) is 0 Å². The van der Waals surface area contributed by atoms with Crippen LogP contribution >= 0.6 is 0 Å². The number of carbonyl (C=O) groups excluding carboxylic acids is 2. The van der Waals surface area contributed by atoms with Gasteiger partial charge in [0.05, 0.1) is 0 Å². The Morgan fingerprint density at radius 2 is 0.889 bits per heavy atom. The first kappa shape index (κ1) is 19.5. The minimum atomic E-state index is 0. The van der Waals surface area contributed by atoms with E-state index < -0.39 is 0 Å². The molecule has 0 amide bonds. The van der Waals surface area contributed by atoms with E-state index in [1.807, 2.05) is 60.7 Å². The van der Waals surface area contributed by atoms with Crippen molar-refractivity contribution in [1.29, 1.82) is 0 Å². The van der Waals surface area contributed by atoms with Crippen molar-refractivity contribution in [1.82, 2.24) is 0 Å². The van der Waals surface area contributed by atoms with Gasteiger partial charge >= 0.3 is 0 Å². The van der Waals surface area contributed by atoms with Gasteiger partial charge in [0, 0.05) is 11.1 Å². The number of quaternary nitrogens is 2. The Bertz CT molecular complexity index is 708. The molecule has 5 rings (SSSR count). The maximum atomic E-state index is 12.7. The van der Waals surface area contributed by atoms with Crippen LogP contribution in [0.2, 0.25) is 0 Å². The molecule has 3 heterocycles. The van der Waals surface area contributed by atoms with E-state index in [-0.39, 0.29) is 19.0 Å². The second kappa shape index (κ2) is 7.75. The Hall–Kier alpha value is -2.30. The molecular formula is C23H30N2O2+2. The average Bonchev–Trinajstić information content (AvgIpc) is 2.70. The predicted molar refractivity (Wildman–Crippen MR) is 108 cm³/mol. The van der Waals surface area contributed by atoms with Crippen molar-refractivity contribution in [2.24, 2.45) is 0 Å². The molecule has 4 nitrogen and oxygen atoms in total. The number of Topliss-reactive ketones (excluding diaryl/α,β-unsaturated/α-hetero) is 2. The number of nitrogens with zero attached hydrogens (tertiary/aromatic N) is 2. The quantitative estimate of drug-likeness (QED) is 0.582. The molecule has 0 N–H and O–H groups in total. The van der Waals surface area contributed by atoms with Gasteiger partial charge in [0.2, 0.25) is 11.6 Å². The molecule has 27 heavy (non-hydrogen) atoms. The number of rotatable bonds is 6. The molecule has 0 spiro atoms. The first-order chi connectivity index (χ1) is 12.6. The van der Waals surface area contributed by atoms with E-state index >= 15 is 0 Å². The van der Waals surface area contributed by atoms with E-state index in [1.165, 1.54) is 0 Å². The average molecular weight is 367 g/mol. The topological polar surface area (TPSA) is 34.1 Å². The highest BCUT2D eigenvalue weighted by Gasteiger charge is 2.50. The van der Waals surface area contributed by atoms with E-state index in [1.54, 1.807) is 0 Å². The number of fused-ring (bicyclic) bond motifs is 3. The van der Waals surface area contributed by atoms with Crippen LogP contribution in [-0.4, -0.2) is 72.9 Å². The summed E-state index contributed by atoms with van der Waals surface area (Å²) in [5.41, 5.74) is 1.63. The summed E-state index contributed by atoms with van der Waals surface area (Å²) < 4.78 is 1.79. The van der Waals surface area contributed by atoms with Gasteiger partial charge in [-0.25, -0.2) is 0 Å². The Kier molecular flexibility index (Phi) is 5.59. The number of hydrogen-bond donors (Lipinski definition) is 0. The molecule has 3 fully saturated rings. The lowest BCUT2D eigenvalue weighted by Crippen LogP contribution is -2.76. The van der Waals surface area contributed by atoms with Crippen LogP contribution in [0.4, 0.5) is 0 Å². The van der Waals surface area contributed by atoms with E-state index in [2.05, 4.69) is 0 Å². The molecule has 3 aliphatic heterocycles. The zero-order valence-corrected chi connectivity index (χ0v) is 15.1. The minimum Gasteiger partial charge on any atom is -0.303 e. The fraction of sp³-hybridized carbons (Fsp3) is 0.391. The molecule has 0 aliphatic carbocycles. The first-order valence-corrected chi connectivity index (χ1v) is 9.47. The lowest BCUT2D eigenvalue weighted by Gasteiger charge is -2.55. The van der Waals surface area contributed by atoms with Crippen molar-refractivity contribution < 1.29 is 18.6 Å². The molecule has 0 atom stereocenters. The van der Waals surface area contributed by atoms with Gasteiger partial charge in [0.15, 0.2) is 0 Å². The van der Waals surface area contributed by atoms with Crippen LogP contribution in [-0.2, 0) is 0 Å². The van der Waals surface area contributed by atoms with Crippen LogP contribution in [0.1, 0.15) is 28.1 Å². The largest absolute Gasteiger partial charge is 0.303 e. The van der Waals surface area contributed by atoms with Crippen molar-refractivity contribution in [3.63, 3.8) is 0 Å². The van der Waals surface area contributed by atoms with Crippen LogP contribution in [0.5, 0.6) is 0 Å². The highest BCUT2D eigenvalue weighted by Crippen LogP contribution is 2.27. The van der Waals surface area contributed by atoms with Crippen LogP contribution in [0.25, 0.3) is 0 Å². The second-order valence-electron chi connectivity index (χ2n) is 7.92. The Morgan fingerprint density at radius 1 is 0.593 bits per heavy atom. The molecule has 0 radical (unpaired) electrons. The smallest absolute Gasteiger partial charge is 0.216 e. The van der Waals surface area contributed by atoms with Crippen LogP contribution in [0.15, 0.2) is 60.7 Å². The Morgan fingerprint density at radius 3 is 1.19 bits per heavy atom. The van der Waals surface area contributed by atoms with Gasteiger partial charge < -0.3 is 8.97 Å². The van der Waals surface area contributed by atoms with E-state index in [9.17, 15) is 9.59 Å². The molecule has 0 saturated carbocycles. The van der Waals surface area contributed by atoms with Crippen LogP contribution < -0.4 is 0 Å². The molecule has 4 heteroatoms. The summed E-state index contributed by atoms with van der Waals surface area (Å²) in [4.78, 5) is 25.3. The maximum Gasteiger partial charge on any atom is 0.216 e. The number of piperazine rings is 3. The standard InChI is InChI=1S/C22H26N2O2.CH4/c25-21(19-7-3-1-4-8-19)17-23-11-14-24(15-12-23,16-13-23)18-22(26)20-9-5-2-6-10-20;/h1-10H,11-18H2;1H4/q+2;. The summed E-state index contributed by atoms with van der Waals surface area (Å²) in [7, 11) is 0.